The Kier molecular flexibility index (Phi) is 5.31. The van der Waals surface area contributed by atoms with Crippen LogP contribution in [0.2, 0.25) is 0 Å². The molecule has 0 radical (unpaired) electrons. The number of piperazine rings is 1. The van der Waals surface area contributed by atoms with Gasteiger partial charge in [-0.05, 0) is 42.5 Å². The Bertz CT molecular complexity index is 1230. The van der Waals surface area contributed by atoms with Crippen molar-refractivity contribution >= 4 is 22.3 Å². The molecule has 1 aliphatic rings. The molecule has 5 rings (SSSR count). The topological polar surface area (TPSA) is 55.6 Å². The zero-order valence-electron chi connectivity index (χ0n) is 18.7. The Morgan fingerprint density at radius 1 is 0.812 bits per heavy atom. The van der Waals surface area contributed by atoms with Crippen molar-refractivity contribution in [3.63, 3.8) is 0 Å². The minimum absolute atomic E-state index is 0.618. The SMILES string of the molecule is COc1ccc(N2CCN(c3ccc(OC)nc3-c3ccc4c(cnn4C)c3)CC2)cc1. The van der Waals surface area contributed by atoms with Gasteiger partial charge in [-0.1, -0.05) is 6.07 Å². The maximum Gasteiger partial charge on any atom is 0.213 e. The number of nitrogens with zero attached hydrogens (tertiary/aromatic N) is 5. The molecule has 2 aromatic heterocycles. The fourth-order valence-electron chi connectivity index (χ4n) is 4.32. The molecule has 7 nitrogen and oxygen atoms in total. The monoisotopic (exact) mass is 429 g/mol. The van der Waals surface area contributed by atoms with E-state index in [0.717, 1.165) is 59.8 Å². The molecule has 2 aromatic carbocycles. The summed E-state index contributed by atoms with van der Waals surface area (Å²) in [6, 6.07) is 18.7. The van der Waals surface area contributed by atoms with E-state index in [0.29, 0.717) is 5.88 Å². The Hall–Kier alpha value is -3.74. The molecule has 32 heavy (non-hydrogen) atoms. The van der Waals surface area contributed by atoms with Crippen molar-refractivity contribution in [3.05, 3.63) is 60.8 Å². The maximum atomic E-state index is 5.44. The summed E-state index contributed by atoms with van der Waals surface area (Å²) in [4.78, 5) is 9.65. The Labute approximate surface area is 187 Å². The number of hydrogen-bond acceptors (Lipinski definition) is 6. The van der Waals surface area contributed by atoms with Gasteiger partial charge >= 0.3 is 0 Å². The standard InChI is InChI=1S/C25H27N5O2/c1-28-22-9-4-18(16-19(22)17-26-28)25-23(10-11-24(27-25)32-3)30-14-12-29(13-15-30)20-5-7-21(31-2)8-6-20/h4-11,16-17H,12-15H2,1-3H3. The molecule has 0 saturated carbocycles. The maximum absolute atomic E-state index is 5.44. The van der Waals surface area contributed by atoms with E-state index >= 15 is 0 Å². The number of fused-ring (bicyclic) bond motifs is 1. The van der Waals surface area contributed by atoms with Crippen molar-refractivity contribution in [3.8, 4) is 22.9 Å². The van der Waals surface area contributed by atoms with E-state index in [1.165, 1.54) is 5.69 Å². The fourth-order valence-corrected chi connectivity index (χ4v) is 4.32. The molecule has 0 unspecified atom stereocenters. The van der Waals surface area contributed by atoms with Crippen molar-refractivity contribution in [2.24, 2.45) is 7.05 Å². The normalized spacial score (nSPS) is 14.1. The van der Waals surface area contributed by atoms with Gasteiger partial charge in [-0.15, -0.1) is 0 Å². The average molecular weight is 430 g/mol. The predicted octanol–water partition coefficient (Wildman–Crippen LogP) is 3.98. The van der Waals surface area contributed by atoms with Gasteiger partial charge in [0.2, 0.25) is 5.88 Å². The number of hydrogen-bond donors (Lipinski definition) is 0. The fraction of sp³-hybridized carbons (Fsp3) is 0.280. The summed E-state index contributed by atoms with van der Waals surface area (Å²) in [5.74, 6) is 1.50. The molecule has 0 N–H and O–H groups in total. The third kappa shape index (κ3) is 3.70. The highest BCUT2D eigenvalue weighted by Crippen LogP contribution is 2.34. The quantitative estimate of drug-likeness (QED) is 0.478. The second kappa shape index (κ2) is 8.42. The number of pyridine rings is 1. The van der Waals surface area contributed by atoms with Crippen molar-refractivity contribution < 1.29 is 9.47 Å². The molecule has 4 aromatic rings. The zero-order chi connectivity index (χ0) is 22.1. The van der Waals surface area contributed by atoms with Gasteiger partial charge in [-0.25, -0.2) is 4.98 Å². The number of aryl methyl sites for hydroxylation is 1. The van der Waals surface area contributed by atoms with E-state index < -0.39 is 0 Å². The number of anilines is 2. The summed E-state index contributed by atoms with van der Waals surface area (Å²) in [7, 11) is 5.31. The van der Waals surface area contributed by atoms with Crippen LogP contribution in [0.1, 0.15) is 0 Å². The van der Waals surface area contributed by atoms with Gasteiger partial charge in [-0.3, -0.25) is 4.68 Å². The Morgan fingerprint density at radius 2 is 1.56 bits per heavy atom. The first-order valence-electron chi connectivity index (χ1n) is 10.8. The van der Waals surface area contributed by atoms with E-state index in [9.17, 15) is 0 Å². The highest BCUT2D eigenvalue weighted by molar-refractivity contribution is 5.87. The van der Waals surface area contributed by atoms with Gasteiger partial charge in [0.05, 0.1) is 37.3 Å². The number of methoxy groups -OCH3 is 2. The Balaban J connectivity index is 1.42. The average Bonchev–Trinajstić information content (AvgIpc) is 3.24. The summed E-state index contributed by atoms with van der Waals surface area (Å²) in [6.07, 6.45) is 1.90. The van der Waals surface area contributed by atoms with Crippen LogP contribution in [0, 0.1) is 0 Å². The molecule has 1 saturated heterocycles. The largest absolute Gasteiger partial charge is 0.497 e. The highest BCUT2D eigenvalue weighted by atomic mass is 16.5. The summed E-state index contributed by atoms with van der Waals surface area (Å²) in [5, 5.41) is 5.47. The number of ether oxygens (including phenoxy) is 2. The van der Waals surface area contributed by atoms with Gasteiger partial charge in [0.15, 0.2) is 0 Å². The lowest BCUT2D eigenvalue weighted by molar-refractivity contribution is 0.398. The van der Waals surface area contributed by atoms with Crippen LogP contribution in [0.15, 0.2) is 60.8 Å². The minimum Gasteiger partial charge on any atom is -0.497 e. The van der Waals surface area contributed by atoms with Crippen LogP contribution in [0.4, 0.5) is 11.4 Å². The molecule has 0 atom stereocenters. The molecular weight excluding hydrogens is 402 g/mol. The first-order valence-corrected chi connectivity index (χ1v) is 10.8. The third-order valence-corrected chi connectivity index (χ3v) is 6.14. The third-order valence-electron chi connectivity index (χ3n) is 6.14. The predicted molar refractivity (Wildman–Crippen MR) is 128 cm³/mol. The smallest absolute Gasteiger partial charge is 0.213 e. The van der Waals surface area contributed by atoms with Crippen molar-refractivity contribution in [1.82, 2.24) is 14.8 Å². The second-order valence-electron chi connectivity index (χ2n) is 7.94. The summed E-state index contributed by atoms with van der Waals surface area (Å²) in [6.45, 7) is 3.73. The number of rotatable bonds is 5. The second-order valence-corrected chi connectivity index (χ2v) is 7.94. The Morgan fingerprint density at radius 3 is 2.28 bits per heavy atom. The van der Waals surface area contributed by atoms with Crippen molar-refractivity contribution in [2.45, 2.75) is 0 Å². The van der Waals surface area contributed by atoms with Crippen LogP contribution in [0.3, 0.4) is 0 Å². The van der Waals surface area contributed by atoms with Crippen LogP contribution in [0.25, 0.3) is 22.2 Å². The highest BCUT2D eigenvalue weighted by Gasteiger charge is 2.22. The van der Waals surface area contributed by atoms with E-state index in [1.54, 1.807) is 14.2 Å². The summed E-state index contributed by atoms with van der Waals surface area (Å²) < 4.78 is 12.6. The van der Waals surface area contributed by atoms with E-state index in [1.807, 2.05) is 36.1 Å². The van der Waals surface area contributed by atoms with E-state index in [-0.39, 0.29) is 0 Å². The molecule has 0 bridgehead atoms. The van der Waals surface area contributed by atoms with Crippen molar-refractivity contribution in [1.29, 1.82) is 0 Å². The summed E-state index contributed by atoms with van der Waals surface area (Å²) in [5.41, 5.74) is 5.46. The number of benzene rings is 2. The van der Waals surface area contributed by atoms with Gasteiger partial charge in [0, 0.05) is 55.9 Å². The first kappa shape index (κ1) is 20.2. The van der Waals surface area contributed by atoms with Gasteiger partial charge in [-0.2, -0.15) is 5.10 Å². The molecule has 7 heteroatoms. The van der Waals surface area contributed by atoms with Crippen LogP contribution in [0.5, 0.6) is 11.6 Å². The first-order chi connectivity index (χ1) is 15.7. The molecule has 1 aliphatic heterocycles. The molecule has 0 aliphatic carbocycles. The lowest BCUT2D eigenvalue weighted by Gasteiger charge is -2.38. The van der Waals surface area contributed by atoms with Gasteiger partial charge in [0.1, 0.15) is 5.75 Å². The molecular formula is C25H27N5O2. The molecule has 164 valence electrons. The van der Waals surface area contributed by atoms with Crippen molar-refractivity contribution in [2.75, 3.05) is 50.2 Å². The zero-order valence-corrected chi connectivity index (χ0v) is 18.7. The van der Waals surface area contributed by atoms with Crippen LogP contribution in [-0.4, -0.2) is 55.2 Å². The van der Waals surface area contributed by atoms with Gasteiger partial charge in [0.25, 0.3) is 0 Å². The molecule has 0 spiro atoms. The molecule has 1 fully saturated rings. The molecule has 3 heterocycles. The van der Waals surface area contributed by atoms with Crippen LogP contribution < -0.4 is 19.3 Å². The lowest BCUT2D eigenvalue weighted by atomic mass is 10.1. The van der Waals surface area contributed by atoms with Crippen LogP contribution >= 0.6 is 0 Å². The van der Waals surface area contributed by atoms with E-state index in [4.69, 9.17) is 14.5 Å². The minimum atomic E-state index is 0.618. The van der Waals surface area contributed by atoms with Gasteiger partial charge < -0.3 is 19.3 Å². The summed E-state index contributed by atoms with van der Waals surface area (Å²) >= 11 is 0. The number of aromatic nitrogens is 3. The molecule has 0 amide bonds. The van der Waals surface area contributed by atoms with E-state index in [2.05, 4.69) is 51.3 Å². The van der Waals surface area contributed by atoms with Crippen LogP contribution in [-0.2, 0) is 7.05 Å². The lowest BCUT2D eigenvalue weighted by Crippen LogP contribution is -2.46.